The van der Waals surface area contributed by atoms with Gasteiger partial charge in [-0.15, -0.1) is 0 Å². The molecule has 0 amide bonds. The molecule has 0 saturated carbocycles. The van der Waals surface area contributed by atoms with Crippen molar-refractivity contribution in [1.29, 1.82) is 0 Å². The fourth-order valence-corrected chi connectivity index (χ4v) is 2.26. The predicted molar refractivity (Wildman–Crippen MR) is 102 cm³/mol. The maximum absolute atomic E-state index is 10.8. The lowest BCUT2D eigenvalue weighted by molar-refractivity contribution is 0.112. The number of hydrogen-bond donors (Lipinski definition) is 1. The molecule has 0 aliphatic heterocycles. The second-order valence-corrected chi connectivity index (χ2v) is 5.56. The van der Waals surface area contributed by atoms with Gasteiger partial charge in [0.05, 0.1) is 16.9 Å². The highest BCUT2D eigenvalue weighted by Crippen LogP contribution is 2.25. The second kappa shape index (κ2) is 9.15. The molecule has 0 radical (unpaired) electrons. The molecule has 0 fully saturated rings. The Bertz CT molecular complexity index is 909. The molecular weight excluding hydrogens is 344 g/mol. The van der Waals surface area contributed by atoms with Gasteiger partial charge in [-0.1, -0.05) is 18.2 Å². The van der Waals surface area contributed by atoms with Gasteiger partial charge in [0, 0.05) is 0 Å². The van der Waals surface area contributed by atoms with Crippen LogP contribution in [0.5, 0.6) is 17.2 Å². The van der Waals surface area contributed by atoms with Crippen LogP contribution in [0.15, 0.2) is 83.0 Å². The molecule has 0 aliphatic rings. The molecule has 0 heterocycles. The van der Waals surface area contributed by atoms with Crippen LogP contribution >= 0.6 is 0 Å². The molecule has 0 atom stereocenters. The number of aldehydes is 1. The van der Waals surface area contributed by atoms with Crippen LogP contribution in [0.3, 0.4) is 0 Å². The van der Waals surface area contributed by atoms with Crippen molar-refractivity contribution in [2.45, 2.75) is 0 Å². The highest BCUT2D eigenvalue weighted by atomic mass is 16.5. The minimum Gasteiger partial charge on any atom is -0.507 e. The van der Waals surface area contributed by atoms with Gasteiger partial charge in [-0.05, 0) is 54.6 Å². The van der Waals surface area contributed by atoms with Crippen molar-refractivity contribution in [3.05, 3.63) is 78.4 Å². The summed E-state index contributed by atoms with van der Waals surface area (Å²) in [5.41, 5.74) is 1.30. The van der Waals surface area contributed by atoms with Crippen molar-refractivity contribution in [2.24, 2.45) is 10.2 Å². The van der Waals surface area contributed by atoms with Crippen molar-refractivity contribution in [3.63, 3.8) is 0 Å². The summed E-state index contributed by atoms with van der Waals surface area (Å²) in [4.78, 5) is 10.8. The zero-order chi connectivity index (χ0) is 18.9. The van der Waals surface area contributed by atoms with E-state index < -0.39 is 0 Å². The summed E-state index contributed by atoms with van der Waals surface area (Å²) in [5, 5.41) is 17.6. The van der Waals surface area contributed by atoms with E-state index in [2.05, 4.69) is 10.2 Å². The van der Waals surface area contributed by atoms with E-state index in [1.807, 2.05) is 30.3 Å². The molecule has 1 N–H and O–H groups in total. The van der Waals surface area contributed by atoms with Crippen LogP contribution < -0.4 is 9.47 Å². The number of phenols is 1. The summed E-state index contributed by atoms with van der Waals surface area (Å²) >= 11 is 0. The van der Waals surface area contributed by atoms with Gasteiger partial charge in [-0.25, -0.2) is 0 Å². The van der Waals surface area contributed by atoms with Crippen LogP contribution in [0.2, 0.25) is 0 Å². The summed E-state index contributed by atoms with van der Waals surface area (Å²) in [5.74, 6) is 1.43. The number of rotatable bonds is 8. The molecule has 0 spiro atoms. The molecule has 6 heteroatoms. The van der Waals surface area contributed by atoms with Crippen molar-refractivity contribution in [2.75, 3.05) is 13.2 Å². The van der Waals surface area contributed by atoms with E-state index >= 15 is 0 Å². The summed E-state index contributed by atoms with van der Waals surface area (Å²) < 4.78 is 11.2. The Morgan fingerprint density at radius 1 is 0.778 bits per heavy atom. The first-order chi connectivity index (χ1) is 13.2. The minimum atomic E-state index is -0.0818. The largest absolute Gasteiger partial charge is 0.507 e. The second-order valence-electron chi connectivity index (χ2n) is 5.56. The third-order valence-corrected chi connectivity index (χ3v) is 3.62. The number of phenolic OH excluding ortho intramolecular Hbond substituents is 1. The van der Waals surface area contributed by atoms with Gasteiger partial charge < -0.3 is 14.6 Å². The van der Waals surface area contributed by atoms with Gasteiger partial charge in [0.2, 0.25) is 0 Å². The Morgan fingerprint density at radius 2 is 1.37 bits per heavy atom. The van der Waals surface area contributed by atoms with Crippen molar-refractivity contribution in [3.8, 4) is 17.2 Å². The average Bonchev–Trinajstić information content (AvgIpc) is 2.72. The zero-order valence-electron chi connectivity index (χ0n) is 14.5. The average molecular weight is 362 g/mol. The number of benzene rings is 3. The van der Waals surface area contributed by atoms with E-state index in [4.69, 9.17) is 9.47 Å². The molecule has 27 heavy (non-hydrogen) atoms. The van der Waals surface area contributed by atoms with Gasteiger partial charge in [0.25, 0.3) is 0 Å². The number of azo groups is 1. The lowest BCUT2D eigenvalue weighted by Gasteiger charge is -2.08. The smallest absolute Gasteiger partial charge is 0.153 e. The molecule has 3 rings (SSSR count). The van der Waals surface area contributed by atoms with Crippen LogP contribution in [0.25, 0.3) is 0 Å². The molecule has 3 aromatic rings. The topological polar surface area (TPSA) is 80.5 Å². The summed E-state index contributed by atoms with van der Waals surface area (Å²) in [6.07, 6.45) is 0.571. The first-order valence-electron chi connectivity index (χ1n) is 8.35. The van der Waals surface area contributed by atoms with Gasteiger partial charge in [0.15, 0.2) is 6.29 Å². The minimum absolute atomic E-state index is 0.0818. The van der Waals surface area contributed by atoms with Crippen molar-refractivity contribution < 1.29 is 19.4 Å². The molecular formula is C21H18N2O4. The van der Waals surface area contributed by atoms with Gasteiger partial charge in [-0.2, -0.15) is 10.2 Å². The van der Waals surface area contributed by atoms with Crippen LogP contribution in [-0.2, 0) is 0 Å². The summed E-state index contributed by atoms with van der Waals surface area (Å²) in [6.45, 7) is 0.878. The molecule has 3 aromatic carbocycles. The Hall–Kier alpha value is -3.67. The number of carbonyl (C=O) groups excluding carboxylic acids is 1. The number of hydrogen-bond acceptors (Lipinski definition) is 6. The Morgan fingerprint density at radius 3 is 2.04 bits per heavy atom. The van der Waals surface area contributed by atoms with Gasteiger partial charge in [-0.3, -0.25) is 4.79 Å². The van der Waals surface area contributed by atoms with Gasteiger partial charge >= 0.3 is 0 Å². The molecule has 0 unspecified atom stereocenters. The van der Waals surface area contributed by atoms with Crippen LogP contribution in [0.4, 0.5) is 11.4 Å². The molecule has 6 nitrogen and oxygen atoms in total. The quantitative estimate of drug-likeness (QED) is 0.344. The molecule has 0 aromatic heterocycles. The van der Waals surface area contributed by atoms with E-state index in [9.17, 15) is 9.90 Å². The highest BCUT2D eigenvalue weighted by molar-refractivity contribution is 5.80. The fourth-order valence-electron chi connectivity index (χ4n) is 2.26. The van der Waals surface area contributed by atoms with E-state index in [-0.39, 0.29) is 11.3 Å². The predicted octanol–water partition coefficient (Wildman–Crippen LogP) is 5.08. The maximum Gasteiger partial charge on any atom is 0.153 e. The molecule has 0 saturated heterocycles. The fraction of sp³-hybridized carbons (Fsp3) is 0.0952. The molecule has 136 valence electrons. The lowest BCUT2D eigenvalue weighted by Crippen LogP contribution is -2.08. The maximum atomic E-state index is 10.8. The first-order valence-corrected chi connectivity index (χ1v) is 8.35. The lowest BCUT2D eigenvalue weighted by atomic mass is 10.2. The highest BCUT2D eigenvalue weighted by Gasteiger charge is 2.01. The SMILES string of the molecule is O=Cc1cc(N=Nc2ccc(OCCOc3ccccc3)cc2)ccc1O. The number of aromatic hydroxyl groups is 1. The number of para-hydroxylation sites is 1. The zero-order valence-corrected chi connectivity index (χ0v) is 14.5. The monoisotopic (exact) mass is 362 g/mol. The number of ether oxygens (including phenoxy) is 2. The van der Waals surface area contributed by atoms with Crippen LogP contribution in [0.1, 0.15) is 10.4 Å². The Balaban J connectivity index is 1.50. The normalized spacial score (nSPS) is 10.7. The van der Waals surface area contributed by atoms with E-state index in [1.165, 1.54) is 12.1 Å². The van der Waals surface area contributed by atoms with E-state index in [0.717, 1.165) is 5.75 Å². The molecule has 0 bridgehead atoms. The van der Waals surface area contributed by atoms with Crippen molar-refractivity contribution >= 4 is 17.7 Å². The number of carbonyl (C=O) groups is 1. The summed E-state index contributed by atoms with van der Waals surface area (Å²) in [7, 11) is 0. The third-order valence-electron chi connectivity index (χ3n) is 3.62. The Kier molecular flexibility index (Phi) is 6.14. The van der Waals surface area contributed by atoms with Crippen molar-refractivity contribution in [1.82, 2.24) is 0 Å². The van der Waals surface area contributed by atoms with E-state index in [0.29, 0.717) is 36.6 Å². The van der Waals surface area contributed by atoms with Crippen LogP contribution in [0, 0.1) is 0 Å². The van der Waals surface area contributed by atoms with Gasteiger partial charge in [0.1, 0.15) is 30.5 Å². The Labute approximate surface area is 156 Å². The van der Waals surface area contributed by atoms with E-state index in [1.54, 1.807) is 30.3 Å². The first kappa shape index (κ1) is 18.1. The van der Waals surface area contributed by atoms with Crippen LogP contribution in [-0.4, -0.2) is 24.6 Å². The molecule has 0 aliphatic carbocycles. The number of nitrogens with zero attached hydrogens (tertiary/aromatic N) is 2. The standard InChI is InChI=1S/C21H18N2O4/c24-15-16-14-18(8-11-21(16)25)23-22-17-6-9-20(10-7-17)27-13-12-26-19-4-2-1-3-5-19/h1-11,14-15,25H,12-13H2. The summed E-state index contributed by atoms with van der Waals surface area (Å²) in [6, 6.07) is 21.2. The third kappa shape index (κ3) is 5.40.